The van der Waals surface area contributed by atoms with E-state index < -0.39 is 5.82 Å². The Bertz CT molecular complexity index is 1080. The minimum atomic E-state index is -0.396. The lowest BCUT2D eigenvalue weighted by molar-refractivity contribution is 0.102. The summed E-state index contributed by atoms with van der Waals surface area (Å²) in [5.41, 5.74) is 2.79. The minimum absolute atomic E-state index is 0.314. The van der Waals surface area contributed by atoms with Gasteiger partial charge < -0.3 is 9.88 Å². The molecule has 0 saturated carbocycles. The molecule has 2 aromatic carbocycles. The number of hydrogen-bond donors (Lipinski definition) is 1. The van der Waals surface area contributed by atoms with Crippen molar-refractivity contribution in [3.8, 4) is 10.7 Å². The van der Waals surface area contributed by atoms with Crippen LogP contribution in [0, 0.1) is 5.82 Å². The Balaban J connectivity index is 1.63. The Morgan fingerprint density at radius 2 is 2.00 bits per heavy atom. The fourth-order valence-corrected chi connectivity index (χ4v) is 3.60. The van der Waals surface area contributed by atoms with Gasteiger partial charge in [0.05, 0.1) is 5.69 Å². The fourth-order valence-electron chi connectivity index (χ4n) is 2.75. The predicted molar refractivity (Wildman–Crippen MR) is 98.4 cm³/mol. The van der Waals surface area contributed by atoms with E-state index in [1.165, 1.54) is 23.5 Å². The Morgan fingerprint density at radius 3 is 2.80 bits per heavy atom. The summed E-state index contributed by atoms with van der Waals surface area (Å²) in [6.07, 6.45) is 0. The number of hydrogen-bond acceptors (Lipinski definition) is 3. The molecular weight excluding hydrogens is 337 g/mol. The number of rotatable bonds is 3. The van der Waals surface area contributed by atoms with Crippen molar-refractivity contribution in [2.45, 2.75) is 0 Å². The molecule has 1 amide bonds. The van der Waals surface area contributed by atoms with E-state index in [-0.39, 0.29) is 5.91 Å². The van der Waals surface area contributed by atoms with Crippen LogP contribution < -0.4 is 5.32 Å². The number of benzene rings is 2. The highest BCUT2D eigenvalue weighted by Gasteiger charge is 2.15. The molecule has 0 spiro atoms. The number of fused-ring (bicyclic) bond motifs is 1. The van der Waals surface area contributed by atoms with Gasteiger partial charge in [-0.05, 0) is 30.3 Å². The molecule has 2 heterocycles. The number of nitrogens with one attached hydrogen (secondary N) is 1. The first-order valence-electron chi connectivity index (χ1n) is 7.69. The summed E-state index contributed by atoms with van der Waals surface area (Å²) in [7, 11) is 1.98. The molecule has 0 aliphatic heterocycles. The van der Waals surface area contributed by atoms with E-state index >= 15 is 0 Å². The van der Waals surface area contributed by atoms with Gasteiger partial charge in [-0.3, -0.25) is 4.79 Å². The molecule has 4 rings (SSSR count). The number of para-hydroxylation sites is 1. The number of nitrogens with zero attached hydrogens (tertiary/aromatic N) is 2. The van der Waals surface area contributed by atoms with Crippen LogP contribution in [0.5, 0.6) is 0 Å². The van der Waals surface area contributed by atoms with E-state index in [9.17, 15) is 9.18 Å². The van der Waals surface area contributed by atoms with E-state index in [1.807, 2.05) is 31.3 Å². The van der Waals surface area contributed by atoms with Crippen LogP contribution in [0.25, 0.3) is 21.6 Å². The van der Waals surface area contributed by atoms with Crippen molar-refractivity contribution in [1.29, 1.82) is 0 Å². The Hall–Kier alpha value is -2.99. The van der Waals surface area contributed by atoms with Crippen molar-refractivity contribution in [3.05, 3.63) is 71.5 Å². The molecule has 0 fully saturated rings. The van der Waals surface area contributed by atoms with Gasteiger partial charge in [0.2, 0.25) is 0 Å². The lowest BCUT2D eigenvalue weighted by Crippen LogP contribution is -2.12. The van der Waals surface area contributed by atoms with Gasteiger partial charge in [-0.1, -0.05) is 24.3 Å². The second-order valence-corrected chi connectivity index (χ2v) is 6.51. The van der Waals surface area contributed by atoms with E-state index in [4.69, 9.17) is 0 Å². The van der Waals surface area contributed by atoms with Crippen molar-refractivity contribution in [2.75, 3.05) is 5.32 Å². The van der Waals surface area contributed by atoms with Gasteiger partial charge in [-0.25, -0.2) is 9.37 Å². The molecule has 124 valence electrons. The van der Waals surface area contributed by atoms with E-state index in [2.05, 4.69) is 20.9 Å². The van der Waals surface area contributed by atoms with Crippen molar-refractivity contribution in [1.82, 2.24) is 9.55 Å². The van der Waals surface area contributed by atoms with Crippen LogP contribution in [-0.4, -0.2) is 15.5 Å². The van der Waals surface area contributed by atoms with Gasteiger partial charge in [0.25, 0.3) is 5.91 Å². The van der Waals surface area contributed by atoms with Gasteiger partial charge in [0, 0.05) is 29.0 Å². The van der Waals surface area contributed by atoms with Crippen LogP contribution in [-0.2, 0) is 7.05 Å². The first-order valence-corrected chi connectivity index (χ1v) is 8.57. The normalized spacial score (nSPS) is 11.0. The van der Waals surface area contributed by atoms with Crippen LogP contribution in [0.4, 0.5) is 10.1 Å². The van der Waals surface area contributed by atoms with Crippen molar-refractivity contribution in [3.63, 3.8) is 0 Å². The molecule has 2 aromatic heterocycles. The summed E-state index contributed by atoms with van der Waals surface area (Å²) in [5.74, 6) is -0.751. The average Bonchev–Trinajstić information content (AvgIpc) is 3.20. The lowest BCUT2D eigenvalue weighted by Gasteiger charge is -2.03. The first-order chi connectivity index (χ1) is 12.1. The summed E-state index contributed by atoms with van der Waals surface area (Å²) < 4.78 is 15.3. The summed E-state index contributed by atoms with van der Waals surface area (Å²) in [4.78, 5) is 16.8. The molecule has 0 radical (unpaired) electrons. The summed E-state index contributed by atoms with van der Waals surface area (Å²) in [6, 6.07) is 15.9. The molecule has 6 heteroatoms. The highest BCUT2D eigenvalue weighted by atomic mass is 32.1. The predicted octanol–water partition coefficient (Wildman–Crippen LogP) is 4.69. The average molecular weight is 351 g/mol. The van der Waals surface area contributed by atoms with Crippen LogP contribution in [0.15, 0.2) is 60.0 Å². The number of aromatic nitrogens is 2. The van der Waals surface area contributed by atoms with Crippen molar-refractivity contribution >= 4 is 33.8 Å². The molecule has 0 aliphatic rings. The quantitative estimate of drug-likeness (QED) is 0.582. The third-order valence-electron chi connectivity index (χ3n) is 3.99. The zero-order valence-electron chi connectivity index (χ0n) is 13.4. The SMILES string of the molecule is Cn1c(-c2nc(C(=O)Nc3cccc(F)c3)cs2)cc2ccccc21. The van der Waals surface area contributed by atoms with Crippen LogP contribution in [0.1, 0.15) is 10.5 Å². The van der Waals surface area contributed by atoms with Crippen molar-refractivity contribution < 1.29 is 9.18 Å². The van der Waals surface area contributed by atoms with Gasteiger partial charge in [0.15, 0.2) is 0 Å². The number of aryl methyl sites for hydroxylation is 1. The topological polar surface area (TPSA) is 46.9 Å². The van der Waals surface area contributed by atoms with Gasteiger partial charge in [-0.2, -0.15) is 0 Å². The first kappa shape index (κ1) is 15.5. The maximum Gasteiger partial charge on any atom is 0.275 e. The second kappa shape index (κ2) is 6.14. The number of halogens is 1. The zero-order valence-corrected chi connectivity index (χ0v) is 14.2. The monoisotopic (exact) mass is 351 g/mol. The van der Waals surface area contributed by atoms with Crippen LogP contribution in [0.2, 0.25) is 0 Å². The third kappa shape index (κ3) is 2.92. The van der Waals surface area contributed by atoms with E-state index in [0.29, 0.717) is 11.4 Å². The standard InChI is InChI=1S/C19H14FN3OS/c1-23-16-8-3-2-5-12(16)9-17(23)19-22-15(11-25-19)18(24)21-14-7-4-6-13(20)10-14/h2-11H,1H3,(H,21,24). The molecular formula is C19H14FN3OS. The Labute approximate surface area is 147 Å². The number of amides is 1. The van der Waals surface area contributed by atoms with Crippen molar-refractivity contribution in [2.24, 2.45) is 7.05 Å². The van der Waals surface area contributed by atoms with E-state index in [1.54, 1.807) is 17.5 Å². The van der Waals surface area contributed by atoms with Crippen LogP contribution >= 0.6 is 11.3 Å². The minimum Gasteiger partial charge on any atom is -0.342 e. The number of carbonyl (C=O) groups is 1. The number of anilines is 1. The van der Waals surface area contributed by atoms with Gasteiger partial charge in [0.1, 0.15) is 16.5 Å². The number of carbonyl (C=O) groups excluding carboxylic acids is 1. The fraction of sp³-hybridized carbons (Fsp3) is 0.0526. The largest absolute Gasteiger partial charge is 0.342 e. The highest BCUT2D eigenvalue weighted by molar-refractivity contribution is 7.13. The molecule has 1 N–H and O–H groups in total. The molecule has 0 saturated heterocycles. The molecule has 0 unspecified atom stereocenters. The number of thiazole rings is 1. The molecule has 4 nitrogen and oxygen atoms in total. The summed E-state index contributed by atoms with van der Waals surface area (Å²) >= 11 is 1.41. The summed E-state index contributed by atoms with van der Waals surface area (Å²) in [6.45, 7) is 0. The van der Waals surface area contributed by atoms with Crippen LogP contribution in [0.3, 0.4) is 0 Å². The molecule has 0 bridgehead atoms. The van der Waals surface area contributed by atoms with E-state index in [0.717, 1.165) is 21.6 Å². The third-order valence-corrected chi connectivity index (χ3v) is 4.85. The second-order valence-electron chi connectivity index (χ2n) is 5.65. The Kier molecular flexibility index (Phi) is 3.82. The summed E-state index contributed by atoms with van der Waals surface area (Å²) in [5, 5.41) is 6.27. The highest BCUT2D eigenvalue weighted by Crippen LogP contribution is 2.29. The maximum absolute atomic E-state index is 13.2. The van der Waals surface area contributed by atoms with Gasteiger partial charge in [-0.15, -0.1) is 11.3 Å². The molecule has 4 aromatic rings. The lowest BCUT2D eigenvalue weighted by atomic mass is 10.2. The zero-order chi connectivity index (χ0) is 17.4. The maximum atomic E-state index is 13.2. The Morgan fingerprint density at radius 1 is 1.16 bits per heavy atom. The molecule has 0 atom stereocenters. The van der Waals surface area contributed by atoms with Gasteiger partial charge >= 0.3 is 0 Å². The smallest absolute Gasteiger partial charge is 0.275 e. The molecule has 0 aliphatic carbocycles. The molecule has 25 heavy (non-hydrogen) atoms.